The van der Waals surface area contributed by atoms with Crippen molar-refractivity contribution < 1.29 is 9.50 Å². The van der Waals surface area contributed by atoms with Gasteiger partial charge in [-0.05, 0) is 35.4 Å². The number of benzene rings is 1. The van der Waals surface area contributed by atoms with E-state index in [9.17, 15) is 4.39 Å². The maximum Gasteiger partial charge on any atom is 0.131 e. The molecule has 0 unspecified atom stereocenters. The number of aliphatic hydroxyl groups is 1. The largest absolute Gasteiger partial charge is 0.392 e. The monoisotopic (exact) mass is 203 g/mol. The number of hydrogen-bond acceptors (Lipinski definition) is 2. The minimum Gasteiger partial charge on any atom is -0.392 e. The molecule has 1 N–H and O–H groups in total. The molecule has 0 bridgehead atoms. The van der Waals surface area contributed by atoms with E-state index in [1.165, 1.54) is 6.07 Å². The lowest BCUT2D eigenvalue weighted by Gasteiger charge is -2.04. The van der Waals surface area contributed by atoms with Crippen LogP contribution in [-0.4, -0.2) is 10.1 Å². The van der Waals surface area contributed by atoms with Gasteiger partial charge < -0.3 is 5.11 Å². The molecule has 0 atom stereocenters. The van der Waals surface area contributed by atoms with Crippen molar-refractivity contribution in [3.63, 3.8) is 0 Å². The van der Waals surface area contributed by atoms with Gasteiger partial charge in [0.1, 0.15) is 5.82 Å². The van der Waals surface area contributed by atoms with Gasteiger partial charge in [0.15, 0.2) is 0 Å². The van der Waals surface area contributed by atoms with E-state index in [0.29, 0.717) is 11.1 Å². The summed E-state index contributed by atoms with van der Waals surface area (Å²) in [6, 6.07) is 8.05. The molecule has 0 radical (unpaired) electrons. The van der Waals surface area contributed by atoms with Crippen molar-refractivity contribution >= 4 is 0 Å². The van der Waals surface area contributed by atoms with Crippen LogP contribution >= 0.6 is 0 Å². The van der Waals surface area contributed by atoms with E-state index in [0.717, 1.165) is 5.56 Å². The van der Waals surface area contributed by atoms with Crippen molar-refractivity contribution in [2.24, 2.45) is 0 Å². The van der Waals surface area contributed by atoms with Crippen LogP contribution in [-0.2, 0) is 6.61 Å². The van der Waals surface area contributed by atoms with Crippen molar-refractivity contribution in [3.8, 4) is 11.1 Å². The van der Waals surface area contributed by atoms with E-state index in [-0.39, 0.29) is 12.4 Å². The van der Waals surface area contributed by atoms with Gasteiger partial charge in [-0.3, -0.25) is 4.98 Å². The molecule has 1 heterocycles. The Morgan fingerprint density at radius 2 is 1.87 bits per heavy atom. The summed E-state index contributed by atoms with van der Waals surface area (Å²) in [6.45, 7) is -0.0850. The van der Waals surface area contributed by atoms with E-state index in [4.69, 9.17) is 5.11 Å². The number of nitrogens with zero attached hydrogens (tertiary/aromatic N) is 1. The molecule has 0 aliphatic heterocycles. The van der Waals surface area contributed by atoms with Gasteiger partial charge in [-0.2, -0.15) is 0 Å². The normalized spacial score (nSPS) is 10.3. The van der Waals surface area contributed by atoms with E-state index in [2.05, 4.69) is 4.98 Å². The van der Waals surface area contributed by atoms with Crippen molar-refractivity contribution in [1.82, 2.24) is 4.98 Å². The molecular formula is C12H10FNO. The average Bonchev–Trinajstić information content (AvgIpc) is 2.31. The third-order valence-corrected chi connectivity index (χ3v) is 2.20. The Morgan fingerprint density at radius 1 is 1.13 bits per heavy atom. The fourth-order valence-electron chi connectivity index (χ4n) is 1.42. The van der Waals surface area contributed by atoms with Crippen LogP contribution in [0.1, 0.15) is 5.56 Å². The van der Waals surface area contributed by atoms with Crippen LogP contribution < -0.4 is 0 Å². The Labute approximate surface area is 87.0 Å². The molecule has 0 aliphatic rings. The molecular weight excluding hydrogens is 193 g/mol. The topological polar surface area (TPSA) is 33.1 Å². The minimum atomic E-state index is -0.293. The number of hydrogen-bond donors (Lipinski definition) is 1. The summed E-state index contributed by atoms with van der Waals surface area (Å²) >= 11 is 0. The number of aliphatic hydroxyl groups excluding tert-OH is 1. The van der Waals surface area contributed by atoms with Crippen molar-refractivity contribution in [2.45, 2.75) is 6.61 Å². The predicted octanol–water partition coefficient (Wildman–Crippen LogP) is 2.38. The number of halogens is 1. The quantitative estimate of drug-likeness (QED) is 0.812. The molecule has 15 heavy (non-hydrogen) atoms. The summed E-state index contributed by atoms with van der Waals surface area (Å²) in [5.74, 6) is -0.293. The van der Waals surface area contributed by atoms with E-state index < -0.39 is 0 Å². The predicted molar refractivity (Wildman–Crippen MR) is 55.6 cm³/mol. The second-order valence-electron chi connectivity index (χ2n) is 3.21. The van der Waals surface area contributed by atoms with Gasteiger partial charge in [0.25, 0.3) is 0 Å². The lowest BCUT2D eigenvalue weighted by molar-refractivity contribution is 0.282. The van der Waals surface area contributed by atoms with E-state index in [1.807, 2.05) is 0 Å². The molecule has 2 nitrogen and oxygen atoms in total. The van der Waals surface area contributed by atoms with Crippen LogP contribution in [0.15, 0.2) is 42.7 Å². The summed E-state index contributed by atoms with van der Waals surface area (Å²) in [4.78, 5) is 3.87. The molecule has 0 saturated heterocycles. The minimum absolute atomic E-state index is 0.0850. The zero-order valence-corrected chi connectivity index (χ0v) is 8.02. The van der Waals surface area contributed by atoms with Gasteiger partial charge in [0.2, 0.25) is 0 Å². The van der Waals surface area contributed by atoms with Crippen LogP contribution in [0.5, 0.6) is 0 Å². The standard InChI is InChI=1S/C12H10FNO/c13-12-2-1-9(8-15)7-11(12)10-3-5-14-6-4-10/h1-7,15H,8H2. The molecule has 3 heteroatoms. The summed E-state index contributed by atoms with van der Waals surface area (Å²) in [7, 11) is 0. The van der Waals surface area contributed by atoms with Gasteiger partial charge in [-0.25, -0.2) is 4.39 Å². The summed E-state index contributed by atoms with van der Waals surface area (Å²) in [5, 5.41) is 8.97. The Balaban J connectivity index is 2.52. The summed E-state index contributed by atoms with van der Waals surface area (Å²) < 4.78 is 13.5. The molecule has 0 fully saturated rings. The molecule has 0 spiro atoms. The first-order chi connectivity index (χ1) is 7.31. The second kappa shape index (κ2) is 4.19. The molecule has 2 aromatic rings. The highest BCUT2D eigenvalue weighted by Gasteiger charge is 2.05. The Hall–Kier alpha value is -1.74. The van der Waals surface area contributed by atoms with Gasteiger partial charge in [0.05, 0.1) is 6.61 Å². The Morgan fingerprint density at radius 3 is 2.53 bits per heavy atom. The van der Waals surface area contributed by atoms with Crippen LogP contribution in [0.2, 0.25) is 0 Å². The fourth-order valence-corrected chi connectivity index (χ4v) is 1.42. The molecule has 0 amide bonds. The first kappa shape index (κ1) is 9.80. The first-order valence-electron chi connectivity index (χ1n) is 4.61. The smallest absolute Gasteiger partial charge is 0.131 e. The third kappa shape index (κ3) is 2.02. The van der Waals surface area contributed by atoms with Crippen LogP contribution in [0.4, 0.5) is 4.39 Å². The molecule has 0 aliphatic carbocycles. The average molecular weight is 203 g/mol. The highest BCUT2D eigenvalue weighted by atomic mass is 19.1. The van der Waals surface area contributed by atoms with Crippen molar-refractivity contribution in [1.29, 1.82) is 0 Å². The zero-order valence-electron chi connectivity index (χ0n) is 8.02. The van der Waals surface area contributed by atoms with Crippen LogP contribution in [0.25, 0.3) is 11.1 Å². The summed E-state index contributed by atoms with van der Waals surface area (Å²) in [6.07, 6.45) is 3.22. The maximum atomic E-state index is 13.5. The first-order valence-corrected chi connectivity index (χ1v) is 4.61. The Kier molecular flexibility index (Phi) is 2.74. The third-order valence-electron chi connectivity index (χ3n) is 2.20. The van der Waals surface area contributed by atoms with Crippen LogP contribution in [0.3, 0.4) is 0 Å². The van der Waals surface area contributed by atoms with E-state index in [1.54, 1.807) is 36.7 Å². The highest BCUT2D eigenvalue weighted by molar-refractivity contribution is 5.64. The SMILES string of the molecule is OCc1ccc(F)c(-c2ccncc2)c1. The fraction of sp³-hybridized carbons (Fsp3) is 0.0833. The molecule has 76 valence electrons. The van der Waals surface area contributed by atoms with Gasteiger partial charge in [0, 0.05) is 18.0 Å². The number of aromatic nitrogens is 1. The second-order valence-corrected chi connectivity index (χ2v) is 3.21. The van der Waals surface area contributed by atoms with Crippen LogP contribution in [0, 0.1) is 5.82 Å². The van der Waals surface area contributed by atoms with Gasteiger partial charge in [-0.15, -0.1) is 0 Å². The summed E-state index contributed by atoms with van der Waals surface area (Å²) in [5.41, 5.74) is 1.95. The molecule has 1 aromatic heterocycles. The molecule has 1 aromatic carbocycles. The molecule has 0 saturated carbocycles. The van der Waals surface area contributed by atoms with Gasteiger partial charge >= 0.3 is 0 Å². The number of rotatable bonds is 2. The maximum absolute atomic E-state index is 13.5. The van der Waals surface area contributed by atoms with Gasteiger partial charge in [-0.1, -0.05) is 6.07 Å². The Bertz CT molecular complexity index is 456. The van der Waals surface area contributed by atoms with Crippen molar-refractivity contribution in [2.75, 3.05) is 0 Å². The highest BCUT2D eigenvalue weighted by Crippen LogP contribution is 2.23. The lowest BCUT2D eigenvalue weighted by atomic mass is 10.0. The zero-order chi connectivity index (χ0) is 10.7. The lowest BCUT2D eigenvalue weighted by Crippen LogP contribution is -1.89. The number of pyridine rings is 1. The molecule has 2 rings (SSSR count). The van der Waals surface area contributed by atoms with E-state index >= 15 is 0 Å². The van der Waals surface area contributed by atoms with Crippen molar-refractivity contribution in [3.05, 3.63) is 54.1 Å².